The highest BCUT2D eigenvalue weighted by Gasteiger charge is 2.31. The van der Waals surface area contributed by atoms with Crippen molar-refractivity contribution >= 4 is 6.09 Å². The highest BCUT2D eigenvalue weighted by molar-refractivity contribution is 5.69. The molecular formula is C18H28N2O2. The van der Waals surface area contributed by atoms with Crippen molar-refractivity contribution in [1.29, 1.82) is 0 Å². The van der Waals surface area contributed by atoms with Crippen molar-refractivity contribution in [2.24, 2.45) is 0 Å². The van der Waals surface area contributed by atoms with E-state index in [0.717, 1.165) is 18.7 Å². The van der Waals surface area contributed by atoms with E-state index in [1.54, 1.807) is 0 Å². The van der Waals surface area contributed by atoms with Crippen LogP contribution in [0.5, 0.6) is 0 Å². The van der Waals surface area contributed by atoms with Gasteiger partial charge in [-0.3, -0.25) is 4.90 Å². The molecule has 0 aromatic heterocycles. The lowest BCUT2D eigenvalue weighted by Gasteiger charge is -2.37. The number of carbonyl (C=O) groups excluding carboxylic acids is 1. The van der Waals surface area contributed by atoms with Gasteiger partial charge in [0.15, 0.2) is 0 Å². The lowest BCUT2D eigenvalue weighted by Crippen LogP contribution is -2.50. The van der Waals surface area contributed by atoms with Crippen molar-refractivity contribution in [2.75, 3.05) is 19.6 Å². The largest absolute Gasteiger partial charge is 0.444 e. The van der Waals surface area contributed by atoms with E-state index >= 15 is 0 Å². The van der Waals surface area contributed by atoms with Crippen molar-refractivity contribution < 1.29 is 9.53 Å². The topological polar surface area (TPSA) is 41.6 Å². The number of ether oxygens (including phenoxy) is 1. The molecule has 0 spiro atoms. The Kier molecular flexibility index (Phi) is 5.12. The van der Waals surface area contributed by atoms with Gasteiger partial charge in [-0.05, 0) is 37.8 Å². The summed E-state index contributed by atoms with van der Waals surface area (Å²) in [4.78, 5) is 14.3. The first kappa shape index (κ1) is 16.8. The quantitative estimate of drug-likeness (QED) is 0.906. The Bertz CT molecular complexity index is 503. The molecule has 0 radical (unpaired) electrons. The van der Waals surface area contributed by atoms with Crippen LogP contribution in [0.3, 0.4) is 0 Å². The second-order valence-electron chi connectivity index (χ2n) is 7.22. The average molecular weight is 304 g/mol. The average Bonchev–Trinajstić information content (AvgIpc) is 2.45. The molecule has 122 valence electrons. The maximum absolute atomic E-state index is 12.4. The molecule has 1 aromatic rings. The number of hydrogen-bond acceptors (Lipinski definition) is 3. The van der Waals surface area contributed by atoms with E-state index in [0.29, 0.717) is 12.5 Å². The summed E-state index contributed by atoms with van der Waals surface area (Å²) in [6, 6.07) is 8.60. The van der Waals surface area contributed by atoms with Crippen LogP contribution in [0.4, 0.5) is 4.79 Å². The van der Waals surface area contributed by atoms with Crippen LogP contribution in [0.2, 0.25) is 0 Å². The first-order valence-corrected chi connectivity index (χ1v) is 8.08. The third-order valence-corrected chi connectivity index (χ3v) is 3.86. The summed E-state index contributed by atoms with van der Waals surface area (Å²) in [5, 5.41) is 3.37. The van der Waals surface area contributed by atoms with Crippen molar-refractivity contribution in [2.45, 2.75) is 52.2 Å². The molecule has 1 N–H and O–H groups in total. The summed E-state index contributed by atoms with van der Waals surface area (Å²) in [5.74, 6) is 0.514. The Morgan fingerprint density at radius 3 is 2.45 bits per heavy atom. The highest BCUT2D eigenvalue weighted by atomic mass is 16.6. The van der Waals surface area contributed by atoms with Crippen LogP contribution < -0.4 is 5.32 Å². The number of benzene rings is 1. The number of hydrogen-bond donors (Lipinski definition) is 1. The second kappa shape index (κ2) is 6.69. The smallest absolute Gasteiger partial charge is 0.410 e. The van der Waals surface area contributed by atoms with Crippen LogP contribution in [0.1, 0.15) is 57.7 Å². The van der Waals surface area contributed by atoms with Gasteiger partial charge in [-0.1, -0.05) is 38.1 Å². The van der Waals surface area contributed by atoms with Gasteiger partial charge in [-0.2, -0.15) is 0 Å². The van der Waals surface area contributed by atoms with Crippen LogP contribution in [0, 0.1) is 0 Å². The predicted octanol–water partition coefficient (Wildman–Crippen LogP) is 3.69. The Morgan fingerprint density at radius 1 is 1.27 bits per heavy atom. The molecule has 4 nitrogen and oxygen atoms in total. The minimum absolute atomic E-state index is 0.0322. The standard InChI is InChI=1S/C18H28N2O2/c1-13(2)14-6-8-15(9-7-14)16-12-19-10-11-20(16)17(21)22-18(3,4)5/h6-9,13,16,19H,10-12H2,1-5H3/t16-/m0/s1. The van der Waals surface area contributed by atoms with E-state index in [-0.39, 0.29) is 12.1 Å². The molecule has 1 aliphatic heterocycles. The fourth-order valence-electron chi connectivity index (χ4n) is 2.64. The number of nitrogens with zero attached hydrogens (tertiary/aromatic N) is 1. The lowest BCUT2D eigenvalue weighted by molar-refractivity contribution is 0.0118. The highest BCUT2D eigenvalue weighted by Crippen LogP contribution is 2.26. The van der Waals surface area contributed by atoms with E-state index in [9.17, 15) is 4.79 Å². The summed E-state index contributed by atoms with van der Waals surface area (Å²) < 4.78 is 5.55. The van der Waals surface area contributed by atoms with Crippen LogP contribution in [-0.2, 0) is 4.74 Å². The van der Waals surface area contributed by atoms with E-state index in [1.807, 2.05) is 25.7 Å². The third kappa shape index (κ3) is 4.23. The summed E-state index contributed by atoms with van der Waals surface area (Å²) in [5.41, 5.74) is 2.01. The first-order chi connectivity index (χ1) is 10.3. The Balaban J connectivity index is 2.17. The second-order valence-corrected chi connectivity index (χ2v) is 7.22. The Labute approximate surface area is 133 Å². The molecule has 1 aliphatic rings. The summed E-state index contributed by atoms with van der Waals surface area (Å²) in [7, 11) is 0. The lowest BCUT2D eigenvalue weighted by atomic mass is 9.98. The molecule has 1 aromatic carbocycles. The minimum atomic E-state index is -0.464. The maximum atomic E-state index is 12.4. The molecule has 1 saturated heterocycles. The zero-order chi connectivity index (χ0) is 16.3. The zero-order valence-electron chi connectivity index (χ0n) is 14.3. The number of rotatable bonds is 2. The summed E-state index contributed by atoms with van der Waals surface area (Å²) in [6.07, 6.45) is -0.230. The van der Waals surface area contributed by atoms with Gasteiger partial charge in [-0.25, -0.2) is 4.79 Å². The van der Waals surface area contributed by atoms with Gasteiger partial charge in [0, 0.05) is 19.6 Å². The minimum Gasteiger partial charge on any atom is -0.444 e. The number of carbonyl (C=O) groups is 1. The molecule has 0 unspecified atom stereocenters. The van der Waals surface area contributed by atoms with Crippen LogP contribution in [-0.4, -0.2) is 36.2 Å². The Morgan fingerprint density at radius 2 is 1.91 bits per heavy atom. The monoisotopic (exact) mass is 304 g/mol. The van der Waals surface area contributed by atoms with Gasteiger partial charge < -0.3 is 10.1 Å². The van der Waals surface area contributed by atoms with Gasteiger partial charge in [0.25, 0.3) is 0 Å². The van der Waals surface area contributed by atoms with Crippen molar-refractivity contribution in [3.63, 3.8) is 0 Å². The van der Waals surface area contributed by atoms with Crippen LogP contribution >= 0.6 is 0 Å². The van der Waals surface area contributed by atoms with E-state index in [1.165, 1.54) is 5.56 Å². The molecule has 22 heavy (non-hydrogen) atoms. The van der Waals surface area contributed by atoms with Crippen LogP contribution in [0.15, 0.2) is 24.3 Å². The molecule has 1 fully saturated rings. The first-order valence-electron chi connectivity index (χ1n) is 8.08. The van der Waals surface area contributed by atoms with Gasteiger partial charge in [0.2, 0.25) is 0 Å². The SMILES string of the molecule is CC(C)c1ccc([C@@H]2CNCCN2C(=O)OC(C)(C)C)cc1. The van der Waals surface area contributed by atoms with Gasteiger partial charge in [0.1, 0.15) is 5.60 Å². The normalized spacial score (nSPS) is 19.4. The molecule has 1 atom stereocenters. The third-order valence-electron chi connectivity index (χ3n) is 3.86. The molecular weight excluding hydrogens is 276 g/mol. The van der Waals surface area contributed by atoms with Crippen LogP contribution in [0.25, 0.3) is 0 Å². The van der Waals surface area contributed by atoms with E-state index in [4.69, 9.17) is 4.74 Å². The number of amides is 1. The number of nitrogens with one attached hydrogen (secondary N) is 1. The van der Waals surface area contributed by atoms with Gasteiger partial charge in [0.05, 0.1) is 6.04 Å². The fraction of sp³-hybridized carbons (Fsp3) is 0.611. The zero-order valence-corrected chi connectivity index (χ0v) is 14.3. The van der Waals surface area contributed by atoms with Crippen molar-refractivity contribution in [1.82, 2.24) is 10.2 Å². The van der Waals surface area contributed by atoms with E-state index < -0.39 is 5.60 Å². The molecule has 1 heterocycles. The molecule has 0 aliphatic carbocycles. The molecule has 0 bridgehead atoms. The predicted molar refractivity (Wildman–Crippen MR) is 89.1 cm³/mol. The van der Waals surface area contributed by atoms with Gasteiger partial charge >= 0.3 is 6.09 Å². The summed E-state index contributed by atoms with van der Waals surface area (Å²) in [6.45, 7) is 12.3. The number of piperazine rings is 1. The Hall–Kier alpha value is -1.55. The van der Waals surface area contributed by atoms with Crippen molar-refractivity contribution in [3.05, 3.63) is 35.4 Å². The van der Waals surface area contributed by atoms with E-state index in [2.05, 4.69) is 43.4 Å². The molecule has 2 rings (SSSR count). The molecule has 0 saturated carbocycles. The van der Waals surface area contributed by atoms with Gasteiger partial charge in [-0.15, -0.1) is 0 Å². The fourth-order valence-corrected chi connectivity index (χ4v) is 2.64. The molecule has 1 amide bonds. The van der Waals surface area contributed by atoms with Crippen molar-refractivity contribution in [3.8, 4) is 0 Å². The molecule has 4 heteroatoms. The maximum Gasteiger partial charge on any atom is 0.410 e. The summed E-state index contributed by atoms with van der Waals surface area (Å²) >= 11 is 0.